The van der Waals surface area contributed by atoms with Crippen LogP contribution in [0.4, 0.5) is 5.69 Å². The summed E-state index contributed by atoms with van der Waals surface area (Å²) in [6.07, 6.45) is 1.40. The van der Waals surface area contributed by atoms with Gasteiger partial charge in [-0.15, -0.1) is 0 Å². The van der Waals surface area contributed by atoms with Gasteiger partial charge in [-0.05, 0) is 50.3 Å². The van der Waals surface area contributed by atoms with Crippen molar-refractivity contribution in [3.05, 3.63) is 29.3 Å². The van der Waals surface area contributed by atoms with Crippen LogP contribution in [0.3, 0.4) is 0 Å². The highest BCUT2D eigenvalue weighted by molar-refractivity contribution is 5.99. The number of carbonyl (C=O) groups is 1. The van der Waals surface area contributed by atoms with Crippen LogP contribution in [-0.4, -0.2) is 35.1 Å². The van der Waals surface area contributed by atoms with Crippen LogP contribution in [0, 0.1) is 12.8 Å². The topological polar surface area (TPSA) is 78.6 Å². The zero-order chi connectivity index (χ0) is 14.7. The minimum absolute atomic E-state index is 0.00185. The third-order valence-electron chi connectivity index (χ3n) is 4.07. The van der Waals surface area contributed by atoms with E-state index in [0.717, 1.165) is 18.4 Å². The first-order chi connectivity index (χ1) is 9.52. The minimum Gasteiger partial charge on any atom is -0.393 e. The SMILES string of the molecule is Cc1ccc(C(=O)N2CCC(C(C)O)CC2)c(NN)c1. The molecule has 1 amide bonds. The van der Waals surface area contributed by atoms with Gasteiger partial charge in [-0.3, -0.25) is 10.6 Å². The van der Waals surface area contributed by atoms with Gasteiger partial charge in [-0.2, -0.15) is 0 Å². The second kappa shape index (κ2) is 6.24. The fraction of sp³-hybridized carbons (Fsp3) is 0.533. The molecule has 2 rings (SSSR count). The number of aliphatic hydroxyl groups is 1. The highest BCUT2D eigenvalue weighted by Crippen LogP contribution is 2.24. The van der Waals surface area contributed by atoms with Gasteiger partial charge in [0.2, 0.25) is 0 Å². The number of carbonyl (C=O) groups excluding carboxylic acids is 1. The van der Waals surface area contributed by atoms with Crippen molar-refractivity contribution in [2.45, 2.75) is 32.8 Å². The van der Waals surface area contributed by atoms with Gasteiger partial charge >= 0.3 is 0 Å². The van der Waals surface area contributed by atoms with E-state index in [1.165, 1.54) is 0 Å². The number of rotatable bonds is 3. The fourth-order valence-electron chi connectivity index (χ4n) is 2.72. The number of hydrogen-bond acceptors (Lipinski definition) is 4. The molecule has 5 nitrogen and oxygen atoms in total. The van der Waals surface area contributed by atoms with Gasteiger partial charge in [0.15, 0.2) is 0 Å². The average Bonchev–Trinajstić information content (AvgIpc) is 2.46. The van der Waals surface area contributed by atoms with E-state index in [9.17, 15) is 9.90 Å². The number of nitrogens with zero attached hydrogens (tertiary/aromatic N) is 1. The normalized spacial score (nSPS) is 17.9. The number of nitrogens with two attached hydrogens (primary N) is 1. The number of likely N-dealkylation sites (tertiary alicyclic amines) is 1. The number of anilines is 1. The van der Waals surface area contributed by atoms with Crippen molar-refractivity contribution in [2.75, 3.05) is 18.5 Å². The summed E-state index contributed by atoms with van der Waals surface area (Å²) in [7, 11) is 0. The molecule has 110 valence electrons. The van der Waals surface area contributed by atoms with Crippen LogP contribution in [-0.2, 0) is 0 Å². The van der Waals surface area contributed by atoms with E-state index < -0.39 is 0 Å². The number of hydrogen-bond donors (Lipinski definition) is 3. The smallest absolute Gasteiger partial charge is 0.256 e. The lowest BCUT2D eigenvalue weighted by Crippen LogP contribution is -2.41. The summed E-state index contributed by atoms with van der Waals surface area (Å²) in [5.41, 5.74) is 4.92. The molecule has 1 unspecified atom stereocenters. The number of aryl methyl sites for hydroxylation is 1. The summed E-state index contributed by atoms with van der Waals surface area (Å²) in [4.78, 5) is 14.4. The highest BCUT2D eigenvalue weighted by Gasteiger charge is 2.26. The number of benzene rings is 1. The Morgan fingerprint density at radius 3 is 2.65 bits per heavy atom. The maximum atomic E-state index is 12.5. The Morgan fingerprint density at radius 2 is 2.10 bits per heavy atom. The zero-order valence-corrected chi connectivity index (χ0v) is 12.1. The van der Waals surface area contributed by atoms with Gasteiger partial charge in [0.25, 0.3) is 5.91 Å². The summed E-state index contributed by atoms with van der Waals surface area (Å²) >= 11 is 0. The van der Waals surface area contributed by atoms with E-state index in [0.29, 0.717) is 30.3 Å². The first-order valence-electron chi connectivity index (χ1n) is 7.07. The lowest BCUT2D eigenvalue weighted by molar-refractivity contribution is 0.0522. The van der Waals surface area contributed by atoms with Crippen LogP contribution in [0.1, 0.15) is 35.7 Å². The predicted molar refractivity (Wildman–Crippen MR) is 79.3 cm³/mol. The third-order valence-corrected chi connectivity index (χ3v) is 4.07. The molecule has 5 heteroatoms. The summed E-state index contributed by atoms with van der Waals surface area (Å²) in [6.45, 7) is 5.15. The average molecular weight is 277 g/mol. The summed E-state index contributed by atoms with van der Waals surface area (Å²) in [6, 6.07) is 5.60. The van der Waals surface area contributed by atoms with Gasteiger partial charge in [0, 0.05) is 13.1 Å². The Morgan fingerprint density at radius 1 is 1.45 bits per heavy atom. The van der Waals surface area contributed by atoms with E-state index in [2.05, 4.69) is 5.43 Å². The van der Waals surface area contributed by atoms with Gasteiger partial charge < -0.3 is 15.4 Å². The van der Waals surface area contributed by atoms with Crippen molar-refractivity contribution in [1.82, 2.24) is 4.90 Å². The van der Waals surface area contributed by atoms with Crippen molar-refractivity contribution >= 4 is 11.6 Å². The number of piperidine rings is 1. The predicted octanol–water partition coefficient (Wildman–Crippen LogP) is 1.51. The molecule has 1 atom stereocenters. The van der Waals surface area contributed by atoms with Gasteiger partial charge in [0.05, 0.1) is 17.4 Å². The molecule has 1 aromatic carbocycles. The first kappa shape index (κ1) is 14.8. The molecule has 1 aliphatic rings. The Hall–Kier alpha value is -1.59. The second-order valence-electron chi connectivity index (χ2n) is 5.56. The van der Waals surface area contributed by atoms with Crippen LogP contribution in [0.15, 0.2) is 18.2 Å². The summed E-state index contributed by atoms with van der Waals surface area (Å²) in [5.74, 6) is 5.79. The van der Waals surface area contributed by atoms with Crippen LogP contribution in [0.25, 0.3) is 0 Å². The molecule has 0 spiro atoms. The number of amides is 1. The molecular formula is C15H23N3O2. The Kier molecular flexibility index (Phi) is 4.62. The van der Waals surface area contributed by atoms with Crippen molar-refractivity contribution in [1.29, 1.82) is 0 Å². The van der Waals surface area contributed by atoms with E-state index in [1.54, 1.807) is 0 Å². The number of aliphatic hydroxyl groups excluding tert-OH is 1. The van der Waals surface area contributed by atoms with Gasteiger partial charge in [-0.25, -0.2) is 0 Å². The largest absolute Gasteiger partial charge is 0.393 e. The van der Waals surface area contributed by atoms with Crippen LogP contribution in [0.2, 0.25) is 0 Å². The maximum Gasteiger partial charge on any atom is 0.256 e. The minimum atomic E-state index is -0.298. The zero-order valence-electron chi connectivity index (χ0n) is 12.1. The van der Waals surface area contributed by atoms with Gasteiger partial charge in [-0.1, -0.05) is 6.07 Å². The maximum absolute atomic E-state index is 12.5. The highest BCUT2D eigenvalue weighted by atomic mass is 16.3. The molecular weight excluding hydrogens is 254 g/mol. The molecule has 1 aromatic rings. The molecule has 4 N–H and O–H groups in total. The van der Waals surface area contributed by atoms with Crippen molar-refractivity contribution in [2.24, 2.45) is 11.8 Å². The van der Waals surface area contributed by atoms with E-state index in [1.807, 2.05) is 36.9 Å². The van der Waals surface area contributed by atoms with Crippen LogP contribution < -0.4 is 11.3 Å². The fourth-order valence-corrected chi connectivity index (χ4v) is 2.72. The third kappa shape index (κ3) is 3.11. The van der Waals surface area contributed by atoms with Crippen molar-refractivity contribution in [3.63, 3.8) is 0 Å². The summed E-state index contributed by atoms with van der Waals surface area (Å²) < 4.78 is 0. The molecule has 1 saturated heterocycles. The Labute approximate surface area is 119 Å². The monoisotopic (exact) mass is 277 g/mol. The Balaban J connectivity index is 2.09. The van der Waals surface area contributed by atoms with E-state index in [4.69, 9.17) is 5.84 Å². The van der Waals surface area contributed by atoms with E-state index >= 15 is 0 Å². The van der Waals surface area contributed by atoms with Crippen LogP contribution >= 0.6 is 0 Å². The van der Waals surface area contributed by atoms with Gasteiger partial charge in [0.1, 0.15) is 0 Å². The lowest BCUT2D eigenvalue weighted by Gasteiger charge is -2.33. The van der Waals surface area contributed by atoms with Crippen molar-refractivity contribution in [3.8, 4) is 0 Å². The molecule has 1 heterocycles. The molecule has 0 saturated carbocycles. The number of nitrogen functional groups attached to an aromatic ring is 1. The molecule has 1 fully saturated rings. The summed E-state index contributed by atoms with van der Waals surface area (Å²) in [5, 5.41) is 9.60. The lowest BCUT2D eigenvalue weighted by atomic mass is 9.92. The van der Waals surface area contributed by atoms with E-state index in [-0.39, 0.29) is 12.0 Å². The number of hydrazine groups is 1. The quantitative estimate of drug-likeness (QED) is 0.578. The molecule has 20 heavy (non-hydrogen) atoms. The molecule has 0 bridgehead atoms. The second-order valence-corrected chi connectivity index (χ2v) is 5.56. The van der Waals surface area contributed by atoms with Crippen molar-refractivity contribution < 1.29 is 9.90 Å². The Bertz CT molecular complexity index is 480. The first-order valence-corrected chi connectivity index (χ1v) is 7.07. The molecule has 0 aromatic heterocycles. The molecule has 1 aliphatic heterocycles. The van der Waals surface area contributed by atoms with Crippen LogP contribution in [0.5, 0.6) is 0 Å². The molecule has 0 aliphatic carbocycles. The standard InChI is InChI=1S/C15H23N3O2/c1-10-3-4-13(14(9-10)17-16)15(20)18-7-5-12(6-8-18)11(2)19/h3-4,9,11-12,17,19H,5-8,16H2,1-2H3. The molecule has 0 radical (unpaired) electrons. The number of nitrogens with one attached hydrogen (secondary N) is 1.